The van der Waals surface area contributed by atoms with Crippen molar-refractivity contribution in [2.24, 2.45) is 5.41 Å². The van der Waals surface area contributed by atoms with E-state index in [1.54, 1.807) is 6.07 Å². The van der Waals surface area contributed by atoms with Gasteiger partial charge in [0.1, 0.15) is 5.82 Å². The summed E-state index contributed by atoms with van der Waals surface area (Å²) in [6.45, 7) is 4.68. The number of piperidine rings is 1. The summed E-state index contributed by atoms with van der Waals surface area (Å²) in [5.74, 6) is -0.838. The Labute approximate surface area is 121 Å². The van der Waals surface area contributed by atoms with Gasteiger partial charge in [-0.05, 0) is 49.5 Å². The molecule has 2 rings (SSSR count). The molecule has 1 aromatic carbocycles. The number of amides is 1. The van der Waals surface area contributed by atoms with Crippen molar-refractivity contribution in [2.45, 2.75) is 19.8 Å². The molecular formula is C14H18BrFN2O. The molecule has 1 heterocycles. The fraction of sp³-hybridized carbons (Fsp3) is 0.500. The van der Waals surface area contributed by atoms with Crippen LogP contribution in [0, 0.1) is 11.2 Å². The molecule has 0 aliphatic carbocycles. The molecule has 1 aliphatic heterocycles. The van der Waals surface area contributed by atoms with Crippen LogP contribution in [0.15, 0.2) is 22.7 Å². The first-order valence-electron chi connectivity index (χ1n) is 6.44. The highest BCUT2D eigenvalue weighted by atomic mass is 79.9. The SMILES string of the molecule is CC1(CNC(=O)c2cc(Br)ccc2F)CCNCC1. The largest absolute Gasteiger partial charge is 0.351 e. The standard InChI is InChI=1S/C14H18BrFN2O/c1-14(4-6-17-7-5-14)9-18-13(19)11-8-10(15)2-3-12(11)16/h2-3,8,17H,4-7,9H2,1H3,(H,18,19). The molecule has 1 fully saturated rings. The van der Waals surface area contributed by atoms with Gasteiger partial charge in [0.25, 0.3) is 5.91 Å². The zero-order chi connectivity index (χ0) is 13.9. The minimum absolute atomic E-state index is 0.0897. The second-order valence-electron chi connectivity index (χ2n) is 5.37. The maximum atomic E-state index is 13.6. The third-order valence-electron chi connectivity index (χ3n) is 3.66. The van der Waals surface area contributed by atoms with Crippen molar-refractivity contribution in [1.82, 2.24) is 10.6 Å². The molecule has 0 atom stereocenters. The van der Waals surface area contributed by atoms with E-state index in [-0.39, 0.29) is 16.9 Å². The number of hydrogen-bond donors (Lipinski definition) is 2. The van der Waals surface area contributed by atoms with Crippen molar-refractivity contribution in [1.29, 1.82) is 0 Å². The Morgan fingerprint density at radius 2 is 2.16 bits per heavy atom. The molecule has 1 aliphatic rings. The number of benzene rings is 1. The molecule has 0 bridgehead atoms. The van der Waals surface area contributed by atoms with Gasteiger partial charge in [-0.25, -0.2) is 4.39 Å². The van der Waals surface area contributed by atoms with Crippen LogP contribution in [0.1, 0.15) is 30.1 Å². The first-order chi connectivity index (χ1) is 9.00. The minimum Gasteiger partial charge on any atom is -0.351 e. The van der Waals surface area contributed by atoms with Crippen molar-refractivity contribution in [3.63, 3.8) is 0 Å². The second kappa shape index (κ2) is 6.01. The maximum Gasteiger partial charge on any atom is 0.254 e. The fourth-order valence-electron chi connectivity index (χ4n) is 2.27. The van der Waals surface area contributed by atoms with Crippen molar-refractivity contribution in [3.8, 4) is 0 Å². The molecule has 5 heteroatoms. The summed E-state index contributed by atoms with van der Waals surface area (Å²) >= 11 is 3.25. The zero-order valence-electron chi connectivity index (χ0n) is 10.9. The number of nitrogens with one attached hydrogen (secondary N) is 2. The van der Waals surface area contributed by atoms with Crippen LogP contribution >= 0.6 is 15.9 Å². The van der Waals surface area contributed by atoms with Crippen molar-refractivity contribution < 1.29 is 9.18 Å². The van der Waals surface area contributed by atoms with E-state index in [9.17, 15) is 9.18 Å². The van der Waals surface area contributed by atoms with Gasteiger partial charge in [0.15, 0.2) is 0 Å². The number of carbonyl (C=O) groups excluding carboxylic acids is 1. The fourth-order valence-corrected chi connectivity index (χ4v) is 2.63. The molecule has 0 spiro atoms. The molecule has 1 amide bonds. The average Bonchev–Trinajstić information content (AvgIpc) is 2.40. The average molecular weight is 329 g/mol. The Morgan fingerprint density at radius 1 is 1.47 bits per heavy atom. The van der Waals surface area contributed by atoms with Crippen LogP contribution in [0.3, 0.4) is 0 Å². The quantitative estimate of drug-likeness (QED) is 0.895. The highest BCUT2D eigenvalue weighted by Gasteiger charge is 2.27. The van der Waals surface area contributed by atoms with E-state index in [0.717, 1.165) is 25.9 Å². The van der Waals surface area contributed by atoms with Crippen LogP contribution in [0.2, 0.25) is 0 Å². The van der Waals surface area contributed by atoms with Gasteiger partial charge in [-0.15, -0.1) is 0 Å². The molecule has 0 saturated carbocycles. The molecule has 1 saturated heterocycles. The summed E-state index contributed by atoms with van der Waals surface area (Å²) in [6, 6.07) is 4.39. The van der Waals surface area contributed by atoms with Crippen LogP contribution in [0.5, 0.6) is 0 Å². The van der Waals surface area contributed by atoms with E-state index in [4.69, 9.17) is 0 Å². The van der Waals surface area contributed by atoms with Gasteiger partial charge in [0.2, 0.25) is 0 Å². The highest BCUT2D eigenvalue weighted by molar-refractivity contribution is 9.10. The van der Waals surface area contributed by atoms with Gasteiger partial charge < -0.3 is 10.6 Å². The number of halogens is 2. The first kappa shape index (κ1) is 14.5. The van der Waals surface area contributed by atoms with Gasteiger partial charge in [0, 0.05) is 11.0 Å². The Balaban J connectivity index is 1.99. The number of carbonyl (C=O) groups is 1. The van der Waals surface area contributed by atoms with Crippen LogP contribution in [0.25, 0.3) is 0 Å². The smallest absolute Gasteiger partial charge is 0.254 e. The molecular weight excluding hydrogens is 311 g/mol. The summed E-state index contributed by atoms with van der Waals surface area (Å²) in [6.07, 6.45) is 2.04. The molecule has 3 nitrogen and oxygen atoms in total. The molecule has 0 radical (unpaired) electrons. The van der Waals surface area contributed by atoms with Gasteiger partial charge in [-0.1, -0.05) is 22.9 Å². The lowest BCUT2D eigenvalue weighted by atomic mass is 9.81. The number of hydrogen-bond acceptors (Lipinski definition) is 2. The summed E-state index contributed by atoms with van der Waals surface area (Å²) in [4.78, 5) is 12.0. The Bertz CT molecular complexity index is 473. The predicted molar refractivity (Wildman–Crippen MR) is 76.6 cm³/mol. The Kier molecular flexibility index (Phi) is 4.58. The summed E-state index contributed by atoms with van der Waals surface area (Å²) in [7, 11) is 0. The summed E-state index contributed by atoms with van der Waals surface area (Å²) in [5, 5.41) is 6.15. The van der Waals surface area contributed by atoms with E-state index in [1.165, 1.54) is 12.1 Å². The third-order valence-corrected chi connectivity index (χ3v) is 4.15. The lowest BCUT2D eigenvalue weighted by Crippen LogP contribution is -2.43. The summed E-state index contributed by atoms with van der Waals surface area (Å²) in [5.41, 5.74) is 0.190. The van der Waals surface area contributed by atoms with E-state index < -0.39 is 5.82 Å². The van der Waals surface area contributed by atoms with Crippen molar-refractivity contribution >= 4 is 21.8 Å². The molecule has 2 N–H and O–H groups in total. The van der Waals surface area contributed by atoms with Crippen LogP contribution in [-0.4, -0.2) is 25.5 Å². The molecule has 0 unspecified atom stereocenters. The van der Waals surface area contributed by atoms with E-state index in [2.05, 4.69) is 33.5 Å². The lowest BCUT2D eigenvalue weighted by molar-refractivity contribution is 0.0918. The number of rotatable bonds is 3. The van der Waals surface area contributed by atoms with Gasteiger partial charge in [-0.3, -0.25) is 4.79 Å². The Hall–Kier alpha value is -0.940. The molecule has 1 aromatic rings. The summed E-state index contributed by atoms with van der Waals surface area (Å²) < 4.78 is 14.3. The second-order valence-corrected chi connectivity index (χ2v) is 6.28. The maximum absolute atomic E-state index is 13.6. The van der Waals surface area contributed by atoms with E-state index >= 15 is 0 Å². The monoisotopic (exact) mass is 328 g/mol. The third kappa shape index (κ3) is 3.76. The van der Waals surface area contributed by atoms with Crippen molar-refractivity contribution in [3.05, 3.63) is 34.1 Å². The van der Waals surface area contributed by atoms with Crippen molar-refractivity contribution in [2.75, 3.05) is 19.6 Å². The van der Waals surface area contributed by atoms with Gasteiger partial charge in [-0.2, -0.15) is 0 Å². The molecule has 19 heavy (non-hydrogen) atoms. The zero-order valence-corrected chi connectivity index (χ0v) is 12.5. The van der Waals surface area contributed by atoms with Gasteiger partial charge in [0.05, 0.1) is 5.56 Å². The van der Waals surface area contributed by atoms with Gasteiger partial charge >= 0.3 is 0 Å². The minimum atomic E-state index is -0.490. The van der Waals surface area contributed by atoms with Crippen LogP contribution in [-0.2, 0) is 0 Å². The topological polar surface area (TPSA) is 41.1 Å². The normalized spacial score (nSPS) is 18.1. The highest BCUT2D eigenvalue weighted by Crippen LogP contribution is 2.27. The first-order valence-corrected chi connectivity index (χ1v) is 7.23. The molecule has 104 valence electrons. The van der Waals surface area contributed by atoms with E-state index in [1.807, 2.05) is 0 Å². The van der Waals surface area contributed by atoms with E-state index in [0.29, 0.717) is 11.0 Å². The molecule has 0 aromatic heterocycles. The predicted octanol–water partition coefficient (Wildman–Crippen LogP) is 2.71. The van der Waals surface area contributed by atoms with Crippen LogP contribution in [0.4, 0.5) is 4.39 Å². The Morgan fingerprint density at radius 3 is 2.84 bits per heavy atom. The van der Waals surface area contributed by atoms with Crippen LogP contribution < -0.4 is 10.6 Å². The lowest BCUT2D eigenvalue weighted by Gasteiger charge is -2.34.